The number of hydrogen-bond acceptors (Lipinski definition) is 5. The third-order valence-corrected chi connectivity index (χ3v) is 7.08. The maximum Gasteiger partial charge on any atom is 0.276 e. The molecule has 7 nitrogen and oxygen atoms in total. The minimum Gasteiger partial charge on any atom is -0.341 e. The van der Waals surface area contributed by atoms with Gasteiger partial charge in [0.1, 0.15) is 16.5 Å². The monoisotopic (exact) mass is 459 g/mol. The second kappa shape index (κ2) is 9.15. The highest BCUT2D eigenvalue weighted by Gasteiger charge is 2.25. The Hall–Kier alpha value is -3.52. The van der Waals surface area contributed by atoms with Crippen LogP contribution in [-0.2, 0) is 4.79 Å². The van der Waals surface area contributed by atoms with Crippen LogP contribution in [0.1, 0.15) is 42.6 Å². The van der Waals surface area contributed by atoms with Crippen molar-refractivity contribution in [3.63, 3.8) is 0 Å². The molecule has 4 aromatic rings. The van der Waals surface area contributed by atoms with Crippen LogP contribution in [0.4, 0.5) is 11.5 Å². The zero-order valence-corrected chi connectivity index (χ0v) is 19.2. The van der Waals surface area contributed by atoms with Gasteiger partial charge in [0.25, 0.3) is 5.91 Å². The molecule has 1 aliphatic rings. The van der Waals surface area contributed by atoms with Gasteiger partial charge in [0.2, 0.25) is 5.91 Å². The Balaban J connectivity index is 1.30. The molecule has 0 radical (unpaired) electrons. The molecule has 0 unspecified atom stereocenters. The second-order valence-corrected chi connectivity index (χ2v) is 9.27. The van der Waals surface area contributed by atoms with Crippen LogP contribution in [0, 0.1) is 5.92 Å². The van der Waals surface area contributed by atoms with Crippen molar-refractivity contribution < 1.29 is 9.59 Å². The van der Waals surface area contributed by atoms with E-state index in [2.05, 4.69) is 20.3 Å². The van der Waals surface area contributed by atoms with Crippen LogP contribution in [0.15, 0.2) is 54.2 Å². The number of carbonyl (C=O) groups excluding carboxylic acids is 2. The number of rotatable bonds is 5. The van der Waals surface area contributed by atoms with Gasteiger partial charge in [0.05, 0.1) is 0 Å². The smallest absolute Gasteiger partial charge is 0.276 e. The summed E-state index contributed by atoms with van der Waals surface area (Å²) < 4.78 is 0. The summed E-state index contributed by atoms with van der Waals surface area (Å²) in [6.07, 6.45) is 8.85. The van der Waals surface area contributed by atoms with Crippen molar-refractivity contribution in [1.29, 1.82) is 0 Å². The van der Waals surface area contributed by atoms with E-state index in [9.17, 15) is 9.59 Å². The number of fused-ring (bicyclic) bond motifs is 1. The van der Waals surface area contributed by atoms with Gasteiger partial charge in [0.15, 0.2) is 0 Å². The first-order chi connectivity index (χ1) is 16.1. The summed E-state index contributed by atoms with van der Waals surface area (Å²) in [6, 6.07) is 11.5. The van der Waals surface area contributed by atoms with Crippen LogP contribution >= 0.6 is 11.3 Å². The van der Waals surface area contributed by atoms with Crippen molar-refractivity contribution in [2.75, 3.05) is 17.3 Å². The first-order valence-corrected chi connectivity index (χ1v) is 12.0. The molecule has 0 atom stereocenters. The molecule has 0 saturated heterocycles. The molecule has 3 heterocycles. The highest BCUT2D eigenvalue weighted by atomic mass is 32.1. The van der Waals surface area contributed by atoms with Crippen molar-refractivity contribution in [1.82, 2.24) is 15.0 Å². The lowest BCUT2D eigenvalue weighted by Gasteiger charge is -2.26. The van der Waals surface area contributed by atoms with E-state index < -0.39 is 0 Å². The van der Waals surface area contributed by atoms with Gasteiger partial charge in [-0.25, -0.2) is 4.98 Å². The number of amides is 2. The van der Waals surface area contributed by atoms with Gasteiger partial charge in [0, 0.05) is 52.9 Å². The minimum absolute atomic E-state index is 0.119. The van der Waals surface area contributed by atoms with E-state index >= 15 is 0 Å². The van der Waals surface area contributed by atoms with Gasteiger partial charge in [-0.15, -0.1) is 11.3 Å². The molecule has 2 amide bonds. The standard InChI is InChI=1S/C25H25N5O2S/c1-30(25(32)17-5-3-2-4-6-17)19-8-7-18-13-22(27-20(18)14-19)29-23(31)21-15-33-24(28-21)16-9-11-26-12-10-16/h7-15,17,27H,2-6H2,1H3,(H,29,31). The Morgan fingerprint density at radius 1 is 1.09 bits per heavy atom. The normalized spacial score (nSPS) is 14.3. The van der Waals surface area contributed by atoms with E-state index in [-0.39, 0.29) is 17.7 Å². The summed E-state index contributed by atoms with van der Waals surface area (Å²) in [5.74, 6) is 0.616. The number of thiazole rings is 1. The molecule has 0 bridgehead atoms. The van der Waals surface area contributed by atoms with Crippen LogP contribution < -0.4 is 10.2 Å². The summed E-state index contributed by atoms with van der Waals surface area (Å²) in [5.41, 5.74) is 3.00. The van der Waals surface area contributed by atoms with Crippen molar-refractivity contribution in [2.24, 2.45) is 5.92 Å². The number of anilines is 2. The topological polar surface area (TPSA) is 91.0 Å². The van der Waals surface area contributed by atoms with Crippen molar-refractivity contribution in [3.05, 3.63) is 59.9 Å². The number of pyridine rings is 1. The van der Waals surface area contributed by atoms with Gasteiger partial charge in [-0.05, 0) is 43.2 Å². The van der Waals surface area contributed by atoms with Gasteiger partial charge in [-0.2, -0.15) is 0 Å². The summed E-state index contributed by atoms with van der Waals surface area (Å²) in [5, 5.41) is 6.37. The second-order valence-electron chi connectivity index (χ2n) is 8.41. The number of hydrogen-bond donors (Lipinski definition) is 2. The zero-order valence-electron chi connectivity index (χ0n) is 18.4. The number of nitrogens with zero attached hydrogens (tertiary/aromatic N) is 3. The number of aromatic nitrogens is 3. The number of nitrogens with one attached hydrogen (secondary N) is 2. The first kappa shape index (κ1) is 21.3. The van der Waals surface area contributed by atoms with Crippen LogP contribution in [-0.4, -0.2) is 33.8 Å². The van der Waals surface area contributed by atoms with Gasteiger partial charge >= 0.3 is 0 Å². The molecule has 3 aromatic heterocycles. The molecule has 8 heteroatoms. The quantitative estimate of drug-likeness (QED) is 0.413. The maximum absolute atomic E-state index is 12.9. The fourth-order valence-corrected chi connectivity index (χ4v) is 5.14. The van der Waals surface area contributed by atoms with Crippen LogP contribution in [0.5, 0.6) is 0 Å². The Morgan fingerprint density at radius 3 is 2.67 bits per heavy atom. The Bertz CT molecular complexity index is 1290. The van der Waals surface area contributed by atoms with E-state index in [1.807, 2.05) is 43.4 Å². The third kappa shape index (κ3) is 4.52. The molecular formula is C25H25N5O2S. The van der Waals surface area contributed by atoms with Crippen LogP contribution in [0.3, 0.4) is 0 Å². The predicted octanol–water partition coefficient (Wildman–Crippen LogP) is 5.48. The highest BCUT2D eigenvalue weighted by Crippen LogP contribution is 2.29. The average Bonchev–Trinajstić information content (AvgIpc) is 3.51. The Morgan fingerprint density at radius 2 is 1.88 bits per heavy atom. The number of aromatic amines is 1. The van der Waals surface area contributed by atoms with E-state index in [1.54, 1.807) is 22.7 Å². The molecule has 1 aliphatic carbocycles. The van der Waals surface area contributed by atoms with E-state index in [4.69, 9.17) is 0 Å². The lowest BCUT2D eigenvalue weighted by atomic mass is 9.88. The molecule has 1 aromatic carbocycles. The maximum atomic E-state index is 12.9. The third-order valence-electron chi connectivity index (χ3n) is 6.19. The molecule has 33 heavy (non-hydrogen) atoms. The van der Waals surface area contributed by atoms with Crippen LogP contribution in [0.2, 0.25) is 0 Å². The molecule has 168 valence electrons. The average molecular weight is 460 g/mol. The molecule has 1 saturated carbocycles. The Kier molecular flexibility index (Phi) is 5.92. The summed E-state index contributed by atoms with van der Waals surface area (Å²) in [4.78, 5) is 39.1. The molecule has 2 N–H and O–H groups in total. The predicted molar refractivity (Wildman–Crippen MR) is 132 cm³/mol. The van der Waals surface area contributed by atoms with Gasteiger partial charge in [-0.1, -0.05) is 25.3 Å². The van der Waals surface area contributed by atoms with Crippen molar-refractivity contribution in [2.45, 2.75) is 32.1 Å². The van der Waals surface area contributed by atoms with E-state index in [0.717, 1.165) is 52.8 Å². The molecule has 0 aliphatic heterocycles. The number of benzene rings is 1. The van der Waals surface area contributed by atoms with Crippen molar-refractivity contribution >= 4 is 45.6 Å². The van der Waals surface area contributed by atoms with Crippen LogP contribution in [0.25, 0.3) is 21.5 Å². The van der Waals surface area contributed by atoms with Gasteiger partial charge in [-0.3, -0.25) is 14.6 Å². The summed E-state index contributed by atoms with van der Waals surface area (Å²) in [7, 11) is 1.84. The summed E-state index contributed by atoms with van der Waals surface area (Å²) in [6.45, 7) is 0. The van der Waals surface area contributed by atoms with Crippen molar-refractivity contribution in [3.8, 4) is 10.6 Å². The van der Waals surface area contributed by atoms with E-state index in [0.29, 0.717) is 11.5 Å². The Labute approximate surface area is 195 Å². The lowest BCUT2D eigenvalue weighted by molar-refractivity contribution is -0.123. The molecule has 5 rings (SSSR count). The fourth-order valence-electron chi connectivity index (χ4n) is 4.33. The van der Waals surface area contributed by atoms with Gasteiger partial charge < -0.3 is 15.2 Å². The molecule has 1 fully saturated rings. The minimum atomic E-state index is -0.275. The summed E-state index contributed by atoms with van der Waals surface area (Å²) >= 11 is 1.42. The molecular weight excluding hydrogens is 434 g/mol. The SMILES string of the molecule is CN(C(=O)C1CCCCC1)c1ccc2cc(NC(=O)c3csc(-c4ccncc4)n3)[nH]c2c1. The number of H-pyrrole nitrogens is 1. The first-order valence-electron chi connectivity index (χ1n) is 11.2. The highest BCUT2D eigenvalue weighted by molar-refractivity contribution is 7.13. The molecule has 0 spiro atoms. The lowest BCUT2D eigenvalue weighted by Crippen LogP contribution is -2.33. The zero-order chi connectivity index (χ0) is 22.8. The number of carbonyl (C=O) groups is 2. The van der Waals surface area contributed by atoms with E-state index in [1.165, 1.54) is 17.8 Å². The fraction of sp³-hybridized carbons (Fsp3) is 0.280. The largest absolute Gasteiger partial charge is 0.341 e.